The molecule has 4 nitrogen and oxygen atoms in total. The molecule has 0 aliphatic heterocycles. The highest BCUT2D eigenvalue weighted by Gasteiger charge is 2.32. The number of allylic oxidation sites excluding steroid dienone is 1. The van der Waals surface area contributed by atoms with Gasteiger partial charge < -0.3 is 9.73 Å². The summed E-state index contributed by atoms with van der Waals surface area (Å²) in [6, 6.07) is 8.76. The third-order valence-corrected chi connectivity index (χ3v) is 6.03. The summed E-state index contributed by atoms with van der Waals surface area (Å²) in [5, 5.41) is 12.2. The van der Waals surface area contributed by atoms with Gasteiger partial charge >= 0.3 is 0 Å². The maximum absolute atomic E-state index is 6.00. The van der Waals surface area contributed by atoms with Crippen molar-refractivity contribution in [2.24, 2.45) is 23.7 Å². The summed E-state index contributed by atoms with van der Waals surface area (Å²) in [7, 11) is 0. The number of hydrogen-bond acceptors (Lipinski definition) is 4. The molecule has 3 rings (SSSR count). The van der Waals surface area contributed by atoms with E-state index in [1.807, 2.05) is 12.1 Å². The molecule has 28 heavy (non-hydrogen) atoms. The van der Waals surface area contributed by atoms with Gasteiger partial charge in [-0.05, 0) is 56.1 Å². The third-order valence-electron chi connectivity index (χ3n) is 6.03. The van der Waals surface area contributed by atoms with E-state index in [4.69, 9.17) is 4.42 Å². The largest absolute Gasteiger partial charge is 0.421 e. The first kappa shape index (κ1) is 20.8. The zero-order valence-corrected chi connectivity index (χ0v) is 18.2. The van der Waals surface area contributed by atoms with E-state index in [1.54, 1.807) is 0 Å². The molecule has 0 amide bonds. The molecule has 1 N–H and O–H groups in total. The van der Waals surface area contributed by atoms with Crippen molar-refractivity contribution < 1.29 is 4.42 Å². The number of benzene rings is 1. The second-order valence-electron chi connectivity index (χ2n) is 9.05. The molecule has 0 saturated heterocycles. The van der Waals surface area contributed by atoms with Gasteiger partial charge in [-0.15, -0.1) is 10.2 Å². The summed E-state index contributed by atoms with van der Waals surface area (Å²) in [6.07, 6.45) is 4.51. The van der Waals surface area contributed by atoms with Crippen molar-refractivity contribution in [3.05, 3.63) is 47.4 Å². The molecular weight excluding hydrogens is 346 g/mol. The van der Waals surface area contributed by atoms with E-state index in [-0.39, 0.29) is 0 Å². The SMILES string of the molecule is CC1=C[C@@H](CNC(C)C)[C@H](C(C)C)C[C@@H]1Cc1nnc(-c2ccc(C)cc2)o1. The van der Waals surface area contributed by atoms with Crippen LogP contribution in [0.4, 0.5) is 0 Å². The van der Waals surface area contributed by atoms with Crippen LogP contribution >= 0.6 is 0 Å². The molecule has 3 atom stereocenters. The Bertz CT molecular complexity index is 788. The predicted octanol–water partition coefficient (Wildman–Crippen LogP) is 5.44. The van der Waals surface area contributed by atoms with Gasteiger partial charge in [-0.3, -0.25) is 0 Å². The summed E-state index contributed by atoms with van der Waals surface area (Å²) in [4.78, 5) is 0. The lowest BCUT2D eigenvalue weighted by Crippen LogP contribution is -2.37. The fourth-order valence-electron chi connectivity index (χ4n) is 4.24. The lowest BCUT2D eigenvalue weighted by atomic mass is 9.70. The van der Waals surface area contributed by atoms with E-state index in [9.17, 15) is 0 Å². The number of nitrogens with one attached hydrogen (secondary N) is 1. The van der Waals surface area contributed by atoms with Crippen molar-refractivity contribution in [1.29, 1.82) is 0 Å². The quantitative estimate of drug-likeness (QED) is 0.649. The monoisotopic (exact) mass is 381 g/mol. The van der Waals surface area contributed by atoms with Crippen molar-refractivity contribution in [1.82, 2.24) is 15.5 Å². The molecule has 152 valence electrons. The second kappa shape index (κ2) is 9.04. The fraction of sp³-hybridized carbons (Fsp3) is 0.583. The van der Waals surface area contributed by atoms with Crippen LogP contribution in [-0.4, -0.2) is 22.8 Å². The fourth-order valence-corrected chi connectivity index (χ4v) is 4.24. The van der Waals surface area contributed by atoms with E-state index in [0.29, 0.717) is 35.6 Å². The Morgan fingerprint density at radius 1 is 1.07 bits per heavy atom. The van der Waals surface area contributed by atoms with Gasteiger partial charge in [0.25, 0.3) is 0 Å². The van der Waals surface area contributed by atoms with E-state index < -0.39 is 0 Å². The standard InChI is InChI=1S/C24H35N3O/c1-15(2)22-12-20(18(6)11-21(22)14-25-16(3)4)13-23-26-27-24(28-23)19-9-7-17(5)8-10-19/h7-11,15-16,20-22,25H,12-14H2,1-6H3/t20-,21+,22+/m1/s1. The number of rotatable bonds is 7. The topological polar surface area (TPSA) is 51.0 Å². The van der Waals surface area contributed by atoms with Crippen LogP contribution in [-0.2, 0) is 6.42 Å². The molecule has 0 fully saturated rings. The summed E-state index contributed by atoms with van der Waals surface area (Å²) in [5.74, 6) is 3.79. The van der Waals surface area contributed by atoms with Crippen LogP contribution in [0.1, 0.15) is 52.5 Å². The van der Waals surface area contributed by atoms with Gasteiger partial charge in [0.1, 0.15) is 0 Å². The molecule has 2 aromatic rings. The van der Waals surface area contributed by atoms with Crippen LogP contribution in [0.2, 0.25) is 0 Å². The normalized spacial score (nSPS) is 22.7. The molecule has 1 aromatic heterocycles. The number of nitrogens with zero attached hydrogens (tertiary/aromatic N) is 2. The zero-order chi connectivity index (χ0) is 20.3. The van der Waals surface area contributed by atoms with E-state index in [0.717, 1.165) is 24.4 Å². The van der Waals surface area contributed by atoms with Crippen LogP contribution in [0.25, 0.3) is 11.5 Å². The first-order valence-corrected chi connectivity index (χ1v) is 10.6. The van der Waals surface area contributed by atoms with E-state index >= 15 is 0 Å². The molecule has 4 heteroatoms. The predicted molar refractivity (Wildman–Crippen MR) is 115 cm³/mol. The lowest BCUT2D eigenvalue weighted by molar-refractivity contribution is 0.216. The summed E-state index contributed by atoms with van der Waals surface area (Å²) < 4.78 is 6.00. The lowest BCUT2D eigenvalue weighted by Gasteiger charge is -2.37. The maximum atomic E-state index is 6.00. The second-order valence-corrected chi connectivity index (χ2v) is 9.05. The zero-order valence-electron chi connectivity index (χ0n) is 18.2. The van der Waals surface area contributed by atoms with Crippen molar-refractivity contribution in [2.75, 3.05) is 6.54 Å². The van der Waals surface area contributed by atoms with Gasteiger partial charge in [-0.2, -0.15) is 0 Å². The van der Waals surface area contributed by atoms with Crippen molar-refractivity contribution in [3.63, 3.8) is 0 Å². The Labute approximate surface area is 169 Å². The number of aryl methyl sites for hydroxylation is 1. The molecule has 1 aliphatic rings. The molecule has 1 aliphatic carbocycles. The average molecular weight is 382 g/mol. The smallest absolute Gasteiger partial charge is 0.247 e. The van der Waals surface area contributed by atoms with Crippen molar-refractivity contribution in [3.8, 4) is 11.5 Å². The maximum Gasteiger partial charge on any atom is 0.247 e. The highest BCUT2D eigenvalue weighted by molar-refractivity contribution is 5.52. The van der Waals surface area contributed by atoms with Crippen molar-refractivity contribution >= 4 is 0 Å². The van der Waals surface area contributed by atoms with Crippen molar-refractivity contribution in [2.45, 2.75) is 60.4 Å². The number of hydrogen-bond donors (Lipinski definition) is 1. The van der Waals surface area contributed by atoms with E-state index in [2.05, 4.69) is 75.3 Å². The first-order chi connectivity index (χ1) is 13.3. The molecule has 0 bridgehead atoms. The molecule has 0 saturated carbocycles. The highest BCUT2D eigenvalue weighted by Crippen LogP contribution is 2.38. The van der Waals surface area contributed by atoms with Gasteiger partial charge in [0.2, 0.25) is 11.8 Å². The average Bonchev–Trinajstić information content (AvgIpc) is 3.10. The Hall–Kier alpha value is -1.94. The minimum absolute atomic E-state index is 0.481. The van der Waals surface area contributed by atoms with Crippen LogP contribution in [0, 0.1) is 30.6 Å². The third kappa shape index (κ3) is 5.11. The Balaban J connectivity index is 1.71. The minimum atomic E-state index is 0.481. The number of aromatic nitrogens is 2. The first-order valence-electron chi connectivity index (χ1n) is 10.6. The van der Waals surface area contributed by atoms with E-state index in [1.165, 1.54) is 17.6 Å². The Morgan fingerprint density at radius 3 is 2.43 bits per heavy atom. The van der Waals surface area contributed by atoms with Crippen LogP contribution < -0.4 is 5.32 Å². The Kier molecular flexibility index (Phi) is 6.71. The summed E-state index contributed by atoms with van der Waals surface area (Å²) in [5.41, 5.74) is 3.68. The summed E-state index contributed by atoms with van der Waals surface area (Å²) in [6.45, 7) is 14.5. The van der Waals surface area contributed by atoms with Crippen LogP contribution in [0.15, 0.2) is 40.3 Å². The molecule has 1 heterocycles. The van der Waals surface area contributed by atoms with Gasteiger partial charge in [0.15, 0.2) is 0 Å². The van der Waals surface area contributed by atoms with Crippen LogP contribution in [0.3, 0.4) is 0 Å². The Morgan fingerprint density at radius 2 is 1.79 bits per heavy atom. The van der Waals surface area contributed by atoms with Gasteiger partial charge in [0.05, 0.1) is 0 Å². The minimum Gasteiger partial charge on any atom is -0.421 e. The van der Waals surface area contributed by atoms with Crippen LogP contribution in [0.5, 0.6) is 0 Å². The molecule has 0 spiro atoms. The van der Waals surface area contributed by atoms with Gasteiger partial charge in [-0.25, -0.2) is 0 Å². The van der Waals surface area contributed by atoms with Gasteiger partial charge in [0, 0.05) is 24.6 Å². The molecular formula is C24H35N3O. The molecule has 1 aromatic carbocycles. The molecule has 0 radical (unpaired) electrons. The van der Waals surface area contributed by atoms with Gasteiger partial charge in [-0.1, -0.05) is 57.0 Å². The molecule has 0 unspecified atom stereocenters. The highest BCUT2D eigenvalue weighted by atomic mass is 16.4. The summed E-state index contributed by atoms with van der Waals surface area (Å²) >= 11 is 0.